The van der Waals surface area contributed by atoms with E-state index in [9.17, 15) is 35.4 Å². The number of ether oxygens (including phenoxy) is 2. The quantitative estimate of drug-likeness (QED) is 0.235. The Labute approximate surface area is 144 Å². The standard InChI is InChI=1S/C14H26N2O9/c1-5(19)16-9-12(23)11(22)8(4-18)24-14(9)25-13-6(3-17)15-2-7(20)10(13)21/h6-15,17-18,20-23H,2-4H2,1H3,(H,16,19). The molecule has 2 heterocycles. The highest BCUT2D eigenvalue weighted by atomic mass is 16.7. The number of nitrogens with one attached hydrogen (secondary N) is 2. The van der Waals surface area contributed by atoms with Crippen LogP contribution >= 0.6 is 0 Å². The molecule has 0 radical (unpaired) electrons. The van der Waals surface area contributed by atoms with Crippen LogP contribution in [0.1, 0.15) is 6.92 Å². The van der Waals surface area contributed by atoms with Crippen molar-refractivity contribution in [1.82, 2.24) is 10.6 Å². The third kappa shape index (κ3) is 4.45. The minimum Gasteiger partial charge on any atom is -0.395 e. The van der Waals surface area contributed by atoms with E-state index < -0.39 is 74.1 Å². The molecule has 2 rings (SSSR count). The normalized spacial score (nSPS) is 45.2. The average Bonchev–Trinajstić information content (AvgIpc) is 2.58. The number of aliphatic hydroxyl groups is 6. The lowest BCUT2D eigenvalue weighted by molar-refractivity contribution is -0.298. The van der Waals surface area contributed by atoms with Crippen molar-refractivity contribution >= 4 is 5.91 Å². The lowest BCUT2D eigenvalue weighted by Gasteiger charge is -2.46. The first-order valence-electron chi connectivity index (χ1n) is 8.05. The molecule has 2 aliphatic heterocycles. The molecular weight excluding hydrogens is 340 g/mol. The third-order valence-electron chi connectivity index (χ3n) is 4.46. The molecule has 0 spiro atoms. The number of β-amino-alcohol motifs (C(OH)–C–C–N with tert-alkyl or cyclic N) is 1. The van der Waals surface area contributed by atoms with E-state index in [1.165, 1.54) is 6.92 Å². The summed E-state index contributed by atoms with van der Waals surface area (Å²) in [5.41, 5.74) is 0. The number of hydrogen-bond acceptors (Lipinski definition) is 10. The minimum atomic E-state index is -1.49. The Kier molecular flexibility index (Phi) is 7.08. The second-order valence-corrected chi connectivity index (χ2v) is 6.29. The zero-order valence-electron chi connectivity index (χ0n) is 13.7. The van der Waals surface area contributed by atoms with Gasteiger partial charge in [-0.3, -0.25) is 4.79 Å². The third-order valence-corrected chi connectivity index (χ3v) is 4.46. The van der Waals surface area contributed by atoms with Gasteiger partial charge in [-0.25, -0.2) is 0 Å². The van der Waals surface area contributed by atoms with Gasteiger partial charge in [-0.2, -0.15) is 0 Å². The van der Waals surface area contributed by atoms with Crippen molar-refractivity contribution in [2.24, 2.45) is 0 Å². The van der Waals surface area contributed by atoms with E-state index in [0.29, 0.717) is 0 Å². The summed E-state index contributed by atoms with van der Waals surface area (Å²) in [6.07, 6.45) is -9.08. The van der Waals surface area contributed by atoms with Crippen LogP contribution < -0.4 is 10.6 Å². The molecule has 0 aromatic rings. The maximum absolute atomic E-state index is 11.4. The van der Waals surface area contributed by atoms with Crippen molar-refractivity contribution in [2.75, 3.05) is 19.8 Å². The Hall–Kier alpha value is -0.890. The molecule has 9 atom stereocenters. The monoisotopic (exact) mass is 366 g/mol. The van der Waals surface area contributed by atoms with E-state index in [-0.39, 0.29) is 6.54 Å². The van der Waals surface area contributed by atoms with Crippen molar-refractivity contribution in [3.8, 4) is 0 Å². The van der Waals surface area contributed by atoms with Crippen LogP contribution in [-0.2, 0) is 14.3 Å². The van der Waals surface area contributed by atoms with Gasteiger partial charge in [0.25, 0.3) is 0 Å². The molecule has 146 valence electrons. The van der Waals surface area contributed by atoms with Gasteiger partial charge in [0.15, 0.2) is 6.29 Å². The number of amides is 1. The van der Waals surface area contributed by atoms with Crippen molar-refractivity contribution in [3.63, 3.8) is 0 Å². The van der Waals surface area contributed by atoms with Crippen molar-refractivity contribution < 1.29 is 44.9 Å². The second kappa shape index (κ2) is 8.66. The van der Waals surface area contributed by atoms with Crippen molar-refractivity contribution in [1.29, 1.82) is 0 Å². The van der Waals surface area contributed by atoms with Crippen LogP contribution in [0.3, 0.4) is 0 Å². The molecular formula is C14H26N2O9. The highest BCUT2D eigenvalue weighted by Crippen LogP contribution is 2.26. The van der Waals surface area contributed by atoms with Gasteiger partial charge in [-0.15, -0.1) is 0 Å². The largest absolute Gasteiger partial charge is 0.395 e. The second-order valence-electron chi connectivity index (χ2n) is 6.29. The molecule has 0 bridgehead atoms. The van der Waals surface area contributed by atoms with Crippen LogP contribution in [0.25, 0.3) is 0 Å². The molecule has 11 heteroatoms. The first-order chi connectivity index (χ1) is 11.8. The predicted molar refractivity (Wildman–Crippen MR) is 81.1 cm³/mol. The number of carbonyl (C=O) groups is 1. The van der Waals surface area contributed by atoms with Gasteiger partial charge in [0, 0.05) is 13.5 Å². The summed E-state index contributed by atoms with van der Waals surface area (Å²) >= 11 is 0. The van der Waals surface area contributed by atoms with Gasteiger partial charge >= 0.3 is 0 Å². The highest BCUT2D eigenvalue weighted by molar-refractivity contribution is 5.73. The summed E-state index contributed by atoms with van der Waals surface area (Å²) in [5.74, 6) is -0.517. The SMILES string of the molecule is CC(=O)NC1C(OC2C(CO)NCC(O)C2O)OC(CO)C(O)C1O. The van der Waals surface area contributed by atoms with Crippen LogP contribution in [0.4, 0.5) is 0 Å². The number of rotatable bonds is 5. The van der Waals surface area contributed by atoms with E-state index in [4.69, 9.17) is 9.47 Å². The molecule has 0 aliphatic carbocycles. The fourth-order valence-electron chi connectivity index (χ4n) is 3.05. The van der Waals surface area contributed by atoms with Crippen molar-refractivity contribution in [2.45, 2.75) is 61.9 Å². The van der Waals surface area contributed by atoms with Gasteiger partial charge in [0.1, 0.15) is 36.6 Å². The molecule has 0 aromatic heterocycles. The predicted octanol–water partition coefficient (Wildman–Crippen LogP) is -5.00. The van der Waals surface area contributed by atoms with Crippen molar-refractivity contribution in [3.05, 3.63) is 0 Å². The van der Waals surface area contributed by atoms with Crippen LogP contribution in [0.5, 0.6) is 0 Å². The molecule has 8 N–H and O–H groups in total. The number of hydrogen-bond donors (Lipinski definition) is 8. The Morgan fingerprint density at radius 1 is 1.16 bits per heavy atom. The van der Waals surface area contributed by atoms with E-state index in [1.54, 1.807) is 0 Å². The molecule has 11 nitrogen and oxygen atoms in total. The van der Waals surface area contributed by atoms with E-state index in [2.05, 4.69) is 10.6 Å². The number of aliphatic hydroxyl groups excluding tert-OH is 6. The average molecular weight is 366 g/mol. The summed E-state index contributed by atoms with van der Waals surface area (Å²) in [7, 11) is 0. The molecule has 2 aliphatic rings. The molecule has 0 saturated carbocycles. The molecule has 2 fully saturated rings. The van der Waals surface area contributed by atoms with Gasteiger partial charge in [-0.05, 0) is 0 Å². The molecule has 2 saturated heterocycles. The number of carbonyl (C=O) groups excluding carboxylic acids is 1. The molecule has 0 aromatic carbocycles. The Morgan fingerprint density at radius 3 is 2.40 bits per heavy atom. The maximum Gasteiger partial charge on any atom is 0.217 e. The molecule has 9 unspecified atom stereocenters. The first kappa shape index (κ1) is 20.4. The Balaban J connectivity index is 2.20. The maximum atomic E-state index is 11.4. The summed E-state index contributed by atoms with van der Waals surface area (Å²) in [6.45, 7) is 0.238. The molecule has 1 amide bonds. The van der Waals surface area contributed by atoms with Gasteiger partial charge < -0.3 is 50.7 Å². The molecule has 25 heavy (non-hydrogen) atoms. The summed E-state index contributed by atoms with van der Waals surface area (Å²) in [6, 6.07) is -1.91. The Bertz CT molecular complexity index is 452. The van der Waals surface area contributed by atoms with E-state index in [0.717, 1.165) is 0 Å². The zero-order valence-corrected chi connectivity index (χ0v) is 13.7. The first-order valence-corrected chi connectivity index (χ1v) is 8.05. The Morgan fingerprint density at radius 2 is 1.84 bits per heavy atom. The van der Waals surface area contributed by atoms with Gasteiger partial charge in [0.05, 0.1) is 25.4 Å². The fourth-order valence-corrected chi connectivity index (χ4v) is 3.05. The topological polar surface area (TPSA) is 181 Å². The number of piperidine rings is 1. The van der Waals surface area contributed by atoms with E-state index >= 15 is 0 Å². The van der Waals surface area contributed by atoms with Gasteiger partial charge in [-0.1, -0.05) is 0 Å². The highest BCUT2D eigenvalue weighted by Gasteiger charge is 2.48. The smallest absolute Gasteiger partial charge is 0.217 e. The summed E-state index contributed by atoms with van der Waals surface area (Å²) < 4.78 is 11.0. The minimum absolute atomic E-state index is 0.0491. The van der Waals surface area contributed by atoms with Crippen LogP contribution in [-0.4, -0.2) is 111 Å². The lowest BCUT2D eigenvalue weighted by atomic mass is 9.94. The van der Waals surface area contributed by atoms with Crippen LogP contribution in [0.2, 0.25) is 0 Å². The van der Waals surface area contributed by atoms with Crippen LogP contribution in [0.15, 0.2) is 0 Å². The summed E-state index contributed by atoms with van der Waals surface area (Å²) in [4.78, 5) is 11.4. The van der Waals surface area contributed by atoms with Gasteiger partial charge in [0.2, 0.25) is 5.91 Å². The lowest BCUT2D eigenvalue weighted by Crippen LogP contribution is -2.68. The van der Waals surface area contributed by atoms with E-state index in [1.807, 2.05) is 0 Å². The summed E-state index contributed by atoms with van der Waals surface area (Å²) in [5, 5.41) is 64.0. The van der Waals surface area contributed by atoms with Crippen LogP contribution in [0, 0.1) is 0 Å². The zero-order chi connectivity index (χ0) is 18.7. The fraction of sp³-hybridized carbons (Fsp3) is 0.929.